The zero-order valence-corrected chi connectivity index (χ0v) is 14.6. The molecule has 0 fully saturated rings. The number of nitrogens with one attached hydrogen (secondary N) is 1. The number of sulfonamides is 1. The molecule has 0 aliphatic heterocycles. The zero-order chi connectivity index (χ0) is 14.9. The summed E-state index contributed by atoms with van der Waals surface area (Å²) in [6, 6.07) is 9.40. The lowest BCUT2D eigenvalue weighted by molar-refractivity contribution is 0.601. The highest BCUT2D eigenvalue weighted by atomic mass is 79.9. The summed E-state index contributed by atoms with van der Waals surface area (Å²) in [4.78, 5) is 0.0959. The Hall–Kier alpha value is -0.760. The van der Waals surface area contributed by atoms with Gasteiger partial charge >= 0.3 is 0 Å². The fourth-order valence-corrected chi connectivity index (χ4v) is 4.35. The Balaban J connectivity index is 2.44. The van der Waals surface area contributed by atoms with Crippen molar-refractivity contribution in [3.63, 3.8) is 0 Å². The van der Waals surface area contributed by atoms with Gasteiger partial charge in [0.1, 0.15) is 4.90 Å². The maximum atomic E-state index is 12.4. The number of anilines is 2. The summed E-state index contributed by atoms with van der Waals surface area (Å²) in [5.41, 5.74) is 6.43. The molecule has 0 saturated heterocycles. The summed E-state index contributed by atoms with van der Waals surface area (Å²) in [5.74, 6) is 0. The molecule has 0 bridgehead atoms. The van der Waals surface area contributed by atoms with E-state index in [1.807, 2.05) is 0 Å². The van der Waals surface area contributed by atoms with Crippen LogP contribution in [0.2, 0.25) is 5.02 Å². The smallest absolute Gasteiger partial charge is 0.263 e. The van der Waals surface area contributed by atoms with Gasteiger partial charge in [0.2, 0.25) is 0 Å². The van der Waals surface area contributed by atoms with Crippen molar-refractivity contribution in [2.45, 2.75) is 4.90 Å². The number of halogens is 3. The summed E-state index contributed by atoms with van der Waals surface area (Å²) in [7, 11) is -3.74. The molecule has 0 heterocycles. The number of nitrogen functional groups attached to an aromatic ring is 1. The lowest BCUT2D eigenvalue weighted by atomic mass is 10.3. The average Bonchev–Trinajstić information content (AvgIpc) is 2.34. The minimum absolute atomic E-state index is 0.0959. The largest absolute Gasteiger partial charge is 0.399 e. The third kappa shape index (κ3) is 3.28. The van der Waals surface area contributed by atoms with E-state index in [2.05, 4.69) is 36.6 Å². The van der Waals surface area contributed by atoms with Crippen molar-refractivity contribution in [2.24, 2.45) is 0 Å². The first-order valence-corrected chi connectivity index (χ1v) is 8.78. The molecular weight excluding hydrogens is 431 g/mol. The lowest BCUT2D eigenvalue weighted by Crippen LogP contribution is -2.14. The molecule has 0 aliphatic rings. The molecule has 0 amide bonds. The molecule has 0 saturated carbocycles. The highest BCUT2D eigenvalue weighted by Crippen LogP contribution is 2.33. The summed E-state index contributed by atoms with van der Waals surface area (Å²) in [6.07, 6.45) is 0. The number of hydrogen-bond donors (Lipinski definition) is 2. The van der Waals surface area contributed by atoms with E-state index in [4.69, 9.17) is 17.3 Å². The normalized spacial score (nSPS) is 11.3. The van der Waals surface area contributed by atoms with Crippen molar-refractivity contribution in [2.75, 3.05) is 10.5 Å². The predicted octanol–water partition coefficient (Wildman–Crippen LogP) is 4.25. The van der Waals surface area contributed by atoms with E-state index in [0.717, 1.165) is 0 Å². The minimum Gasteiger partial charge on any atom is -0.399 e. The van der Waals surface area contributed by atoms with Crippen LogP contribution in [0.5, 0.6) is 0 Å². The topological polar surface area (TPSA) is 72.2 Å². The van der Waals surface area contributed by atoms with Crippen molar-refractivity contribution in [1.82, 2.24) is 0 Å². The Morgan fingerprint density at radius 1 is 1.15 bits per heavy atom. The Morgan fingerprint density at radius 2 is 1.85 bits per heavy atom. The summed E-state index contributed by atoms with van der Waals surface area (Å²) >= 11 is 12.4. The highest BCUT2D eigenvalue weighted by molar-refractivity contribution is 9.11. The maximum Gasteiger partial charge on any atom is 0.263 e. The van der Waals surface area contributed by atoms with Gasteiger partial charge in [-0.1, -0.05) is 17.7 Å². The van der Waals surface area contributed by atoms with Crippen LogP contribution in [0.3, 0.4) is 0 Å². The van der Waals surface area contributed by atoms with E-state index < -0.39 is 10.0 Å². The van der Waals surface area contributed by atoms with E-state index in [0.29, 0.717) is 25.3 Å². The van der Waals surface area contributed by atoms with Crippen LogP contribution in [0.1, 0.15) is 0 Å². The molecule has 2 aromatic rings. The van der Waals surface area contributed by atoms with Gasteiger partial charge < -0.3 is 5.73 Å². The Morgan fingerprint density at radius 3 is 2.50 bits per heavy atom. The van der Waals surface area contributed by atoms with Gasteiger partial charge in [-0.15, -0.1) is 0 Å². The van der Waals surface area contributed by atoms with Crippen LogP contribution in [-0.4, -0.2) is 8.42 Å². The van der Waals surface area contributed by atoms with Gasteiger partial charge in [-0.25, -0.2) is 8.42 Å². The first kappa shape index (κ1) is 15.6. The molecule has 0 spiro atoms. The van der Waals surface area contributed by atoms with Gasteiger partial charge in [0.05, 0.1) is 15.2 Å². The zero-order valence-electron chi connectivity index (χ0n) is 9.90. The third-order valence-corrected chi connectivity index (χ3v) is 6.18. The maximum absolute atomic E-state index is 12.4. The van der Waals surface area contributed by atoms with Crippen LogP contribution in [0.4, 0.5) is 11.4 Å². The first-order chi connectivity index (χ1) is 9.31. The van der Waals surface area contributed by atoms with Crippen molar-refractivity contribution in [3.8, 4) is 0 Å². The van der Waals surface area contributed by atoms with E-state index in [-0.39, 0.29) is 4.90 Å². The van der Waals surface area contributed by atoms with Gasteiger partial charge in [0.15, 0.2) is 0 Å². The SMILES string of the molecule is Nc1ccc(S(=O)(=O)Nc2cccc(Cl)c2Br)c(Br)c1. The Kier molecular flexibility index (Phi) is 4.63. The predicted molar refractivity (Wildman–Crippen MR) is 88.5 cm³/mol. The fourth-order valence-electron chi connectivity index (χ4n) is 1.52. The van der Waals surface area contributed by atoms with Gasteiger partial charge in [0.25, 0.3) is 10.0 Å². The van der Waals surface area contributed by atoms with Crippen LogP contribution in [0.15, 0.2) is 50.2 Å². The molecule has 0 radical (unpaired) electrons. The van der Waals surface area contributed by atoms with Crippen LogP contribution >= 0.6 is 43.5 Å². The molecule has 0 atom stereocenters. The van der Waals surface area contributed by atoms with Crippen molar-refractivity contribution in [1.29, 1.82) is 0 Å². The summed E-state index contributed by atoms with van der Waals surface area (Å²) in [6.45, 7) is 0. The van der Waals surface area contributed by atoms with Crippen LogP contribution in [-0.2, 0) is 10.0 Å². The fraction of sp³-hybridized carbons (Fsp3) is 0. The molecule has 8 heteroatoms. The lowest BCUT2D eigenvalue weighted by Gasteiger charge is -2.12. The van der Waals surface area contributed by atoms with E-state index >= 15 is 0 Å². The molecule has 0 aliphatic carbocycles. The van der Waals surface area contributed by atoms with Crippen molar-refractivity contribution < 1.29 is 8.42 Å². The van der Waals surface area contributed by atoms with Gasteiger partial charge in [0, 0.05) is 10.2 Å². The first-order valence-electron chi connectivity index (χ1n) is 5.33. The molecule has 2 rings (SSSR count). The minimum atomic E-state index is -3.74. The summed E-state index contributed by atoms with van der Waals surface area (Å²) < 4.78 is 28.1. The van der Waals surface area contributed by atoms with Gasteiger partial charge in [-0.3, -0.25) is 4.72 Å². The Labute approximate surface area is 138 Å². The standard InChI is InChI=1S/C12H9Br2ClN2O2S/c13-8-6-7(16)4-5-11(8)20(18,19)17-10-3-1-2-9(15)12(10)14/h1-6,17H,16H2. The van der Waals surface area contributed by atoms with Crippen molar-refractivity contribution in [3.05, 3.63) is 50.4 Å². The number of rotatable bonds is 3. The van der Waals surface area contributed by atoms with E-state index in [1.165, 1.54) is 18.2 Å². The Bertz CT molecular complexity index is 766. The van der Waals surface area contributed by atoms with Gasteiger partial charge in [-0.05, 0) is 62.2 Å². The van der Waals surface area contributed by atoms with Crippen LogP contribution in [0, 0.1) is 0 Å². The summed E-state index contributed by atoms with van der Waals surface area (Å²) in [5, 5.41) is 0.418. The highest BCUT2D eigenvalue weighted by Gasteiger charge is 2.19. The average molecular weight is 441 g/mol. The van der Waals surface area contributed by atoms with Gasteiger partial charge in [-0.2, -0.15) is 0 Å². The van der Waals surface area contributed by atoms with E-state index in [1.54, 1.807) is 18.2 Å². The monoisotopic (exact) mass is 438 g/mol. The molecule has 0 unspecified atom stereocenters. The third-order valence-electron chi connectivity index (χ3n) is 2.44. The number of nitrogens with two attached hydrogens (primary N) is 1. The molecule has 4 nitrogen and oxygen atoms in total. The second-order valence-corrected chi connectivity index (χ2v) is 7.60. The quantitative estimate of drug-likeness (QED) is 0.701. The number of benzene rings is 2. The molecule has 106 valence electrons. The molecule has 20 heavy (non-hydrogen) atoms. The molecule has 3 N–H and O–H groups in total. The van der Waals surface area contributed by atoms with Crippen LogP contribution < -0.4 is 10.5 Å². The van der Waals surface area contributed by atoms with Crippen LogP contribution in [0.25, 0.3) is 0 Å². The molecular formula is C12H9Br2ClN2O2S. The van der Waals surface area contributed by atoms with Crippen molar-refractivity contribution >= 4 is 64.9 Å². The van der Waals surface area contributed by atoms with E-state index in [9.17, 15) is 8.42 Å². The second-order valence-electron chi connectivity index (χ2n) is 3.90. The molecule has 2 aromatic carbocycles. The number of hydrogen-bond acceptors (Lipinski definition) is 3. The second kappa shape index (κ2) is 5.93. The molecule has 0 aromatic heterocycles.